The molecule has 2 aromatic rings. The molecule has 0 bridgehead atoms. The summed E-state index contributed by atoms with van der Waals surface area (Å²) in [6, 6.07) is 12.1. The third kappa shape index (κ3) is 4.69. The number of ether oxygens (including phenoxy) is 4. The Balaban J connectivity index is 1.54. The maximum Gasteiger partial charge on any atom is 0.338 e. The van der Waals surface area contributed by atoms with Gasteiger partial charge in [0.1, 0.15) is 5.75 Å². The lowest BCUT2D eigenvalue weighted by atomic mass is 10.2. The van der Waals surface area contributed by atoms with E-state index in [1.807, 2.05) is 18.2 Å². The fraction of sp³-hybridized carbons (Fsp3) is 0.300. The Morgan fingerprint density at radius 1 is 1.15 bits per heavy atom. The zero-order chi connectivity index (χ0) is 19.2. The minimum absolute atomic E-state index is 0.209. The lowest BCUT2D eigenvalue weighted by molar-refractivity contribution is -0.127. The third-order valence-electron chi connectivity index (χ3n) is 3.93. The molecule has 7 heteroatoms. The van der Waals surface area contributed by atoms with Gasteiger partial charge >= 0.3 is 5.97 Å². The normalized spacial score (nSPS) is 13.0. The summed E-state index contributed by atoms with van der Waals surface area (Å²) in [5.74, 6) is 1.09. The molecule has 1 amide bonds. The largest absolute Gasteiger partial charge is 0.481 e. The van der Waals surface area contributed by atoms with Crippen LogP contribution in [0.25, 0.3) is 0 Å². The highest BCUT2D eigenvalue weighted by Crippen LogP contribution is 2.32. The average Bonchev–Trinajstić information content (AvgIpc) is 3.14. The molecule has 0 radical (unpaired) electrons. The van der Waals surface area contributed by atoms with Crippen molar-refractivity contribution in [3.8, 4) is 17.2 Å². The van der Waals surface area contributed by atoms with Crippen molar-refractivity contribution >= 4 is 11.9 Å². The molecule has 0 fully saturated rings. The van der Waals surface area contributed by atoms with Crippen molar-refractivity contribution in [1.29, 1.82) is 0 Å². The van der Waals surface area contributed by atoms with Gasteiger partial charge in [0.15, 0.2) is 17.6 Å². The SMILES string of the molecule is CCOC(=O)c1cccc(O[C@H](C)C(=O)NCc2ccc3c(c2)OCO3)c1. The van der Waals surface area contributed by atoms with Crippen LogP contribution in [0.4, 0.5) is 0 Å². The molecule has 0 unspecified atom stereocenters. The number of hydrogen-bond donors (Lipinski definition) is 1. The molecule has 3 rings (SSSR count). The molecule has 2 aromatic carbocycles. The number of hydrogen-bond acceptors (Lipinski definition) is 6. The summed E-state index contributed by atoms with van der Waals surface area (Å²) in [5, 5.41) is 2.82. The highest BCUT2D eigenvalue weighted by atomic mass is 16.7. The van der Waals surface area contributed by atoms with Crippen molar-refractivity contribution in [3.05, 3.63) is 53.6 Å². The molecule has 1 atom stereocenters. The smallest absolute Gasteiger partial charge is 0.338 e. The standard InChI is InChI=1S/C20H21NO6/c1-3-24-20(23)15-5-4-6-16(10-15)27-13(2)19(22)21-11-14-7-8-17-18(9-14)26-12-25-17/h4-10,13H,3,11-12H2,1-2H3,(H,21,22)/t13-/m1/s1. The molecule has 1 aliphatic heterocycles. The molecule has 1 N–H and O–H groups in total. The second kappa shape index (κ2) is 8.44. The summed E-state index contributed by atoms with van der Waals surface area (Å²) < 4.78 is 21.2. The summed E-state index contributed by atoms with van der Waals surface area (Å²) in [5.41, 5.74) is 1.27. The molecule has 0 saturated heterocycles. The predicted octanol–water partition coefficient (Wildman–Crippen LogP) is 2.68. The molecule has 0 spiro atoms. The number of benzene rings is 2. The molecule has 0 aliphatic carbocycles. The maximum atomic E-state index is 12.3. The molecule has 7 nitrogen and oxygen atoms in total. The molecule has 142 valence electrons. The number of nitrogens with one attached hydrogen (secondary N) is 1. The maximum absolute atomic E-state index is 12.3. The van der Waals surface area contributed by atoms with Gasteiger partial charge in [0, 0.05) is 6.54 Å². The minimum Gasteiger partial charge on any atom is -0.481 e. The highest BCUT2D eigenvalue weighted by Gasteiger charge is 2.17. The van der Waals surface area contributed by atoms with Gasteiger partial charge in [-0.15, -0.1) is 0 Å². The van der Waals surface area contributed by atoms with Gasteiger partial charge in [-0.1, -0.05) is 12.1 Å². The number of amides is 1. The lowest BCUT2D eigenvalue weighted by Gasteiger charge is -2.15. The van der Waals surface area contributed by atoms with Gasteiger partial charge in [0.05, 0.1) is 12.2 Å². The summed E-state index contributed by atoms with van der Waals surface area (Å²) in [6.07, 6.45) is -0.726. The average molecular weight is 371 g/mol. The van der Waals surface area contributed by atoms with Gasteiger partial charge in [-0.3, -0.25) is 4.79 Å². The van der Waals surface area contributed by atoms with Crippen molar-refractivity contribution in [2.45, 2.75) is 26.5 Å². The van der Waals surface area contributed by atoms with Crippen molar-refractivity contribution in [2.24, 2.45) is 0 Å². The Morgan fingerprint density at radius 2 is 1.96 bits per heavy atom. The Morgan fingerprint density at radius 3 is 2.78 bits per heavy atom. The number of carbonyl (C=O) groups is 2. The summed E-state index contributed by atoms with van der Waals surface area (Å²) in [6.45, 7) is 4.23. The Bertz CT molecular complexity index is 835. The summed E-state index contributed by atoms with van der Waals surface area (Å²) >= 11 is 0. The first-order chi connectivity index (χ1) is 13.1. The van der Waals surface area contributed by atoms with Crippen molar-refractivity contribution in [1.82, 2.24) is 5.32 Å². The second-order valence-electron chi connectivity index (χ2n) is 5.91. The van der Waals surface area contributed by atoms with E-state index in [0.29, 0.717) is 36.0 Å². The van der Waals surface area contributed by atoms with E-state index in [1.54, 1.807) is 38.1 Å². The number of rotatable bonds is 7. The van der Waals surface area contributed by atoms with E-state index in [-0.39, 0.29) is 12.7 Å². The van der Waals surface area contributed by atoms with E-state index in [9.17, 15) is 9.59 Å². The Hall–Kier alpha value is -3.22. The summed E-state index contributed by atoms with van der Waals surface area (Å²) in [4.78, 5) is 24.1. The topological polar surface area (TPSA) is 83.1 Å². The molecular formula is C20H21NO6. The Labute approximate surface area is 157 Å². The third-order valence-corrected chi connectivity index (χ3v) is 3.93. The number of esters is 1. The van der Waals surface area contributed by atoms with Gasteiger partial charge in [-0.2, -0.15) is 0 Å². The first-order valence-electron chi connectivity index (χ1n) is 8.67. The van der Waals surface area contributed by atoms with Gasteiger partial charge in [0.2, 0.25) is 6.79 Å². The van der Waals surface area contributed by atoms with Gasteiger partial charge in [0.25, 0.3) is 5.91 Å². The summed E-state index contributed by atoms with van der Waals surface area (Å²) in [7, 11) is 0. The zero-order valence-corrected chi connectivity index (χ0v) is 15.2. The fourth-order valence-corrected chi connectivity index (χ4v) is 2.55. The fourth-order valence-electron chi connectivity index (χ4n) is 2.55. The van der Waals surface area contributed by atoms with Crippen LogP contribution in [-0.4, -0.2) is 31.4 Å². The van der Waals surface area contributed by atoms with Crippen LogP contribution in [0.1, 0.15) is 29.8 Å². The number of carbonyl (C=O) groups excluding carboxylic acids is 2. The van der Waals surface area contributed by atoms with Crippen LogP contribution in [0.15, 0.2) is 42.5 Å². The van der Waals surface area contributed by atoms with E-state index in [4.69, 9.17) is 18.9 Å². The van der Waals surface area contributed by atoms with Crippen LogP contribution < -0.4 is 19.5 Å². The van der Waals surface area contributed by atoms with Crippen molar-refractivity contribution in [2.75, 3.05) is 13.4 Å². The first-order valence-corrected chi connectivity index (χ1v) is 8.67. The van der Waals surface area contributed by atoms with Crippen LogP contribution in [-0.2, 0) is 16.1 Å². The molecule has 0 saturated carbocycles. The van der Waals surface area contributed by atoms with E-state index in [0.717, 1.165) is 5.56 Å². The second-order valence-corrected chi connectivity index (χ2v) is 5.91. The van der Waals surface area contributed by atoms with Crippen LogP contribution in [0.5, 0.6) is 17.2 Å². The molecule has 0 aromatic heterocycles. The molecule has 1 heterocycles. The van der Waals surface area contributed by atoms with Crippen LogP contribution >= 0.6 is 0 Å². The minimum atomic E-state index is -0.726. The first kappa shape index (κ1) is 18.6. The lowest BCUT2D eigenvalue weighted by Crippen LogP contribution is -2.35. The van der Waals surface area contributed by atoms with E-state index >= 15 is 0 Å². The van der Waals surface area contributed by atoms with Crippen molar-refractivity contribution in [3.63, 3.8) is 0 Å². The van der Waals surface area contributed by atoms with Gasteiger partial charge in [-0.25, -0.2) is 4.79 Å². The van der Waals surface area contributed by atoms with E-state index in [1.165, 1.54) is 0 Å². The monoisotopic (exact) mass is 371 g/mol. The predicted molar refractivity (Wildman–Crippen MR) is 96.9 cm³/mol. The zero-order valence-electron chi connectivity index (χ0n) is 15.2. The quantitative estimate of drug-likeness (QED) is 0.754. The van der Waals surface area contributed by atoms with E-state index < -0.39 is 12.1 Å². The number of fused-ring (bicyclic) bond motifs is 1. The molecule has 1 aliphatic rings. The van der Waals surface area contributed by atoms with E-state index in [2.05, 4.69) is 5.32 Å². The molecular weight excluding hydrogens is 350 g/mol. The highest BCUT2D eigenvalue weighted by molar-refractivity contribution is 5.89. The van der Waals surface area contributed by atoms with Crippen LogP contribution in [0.3, 0.4) is 0 Å². The molecule has 27 heavy (non-hydrogen) atoms. The Kier molecular flexibility index (Phi) is 5.80. The van der Waals surface area contributed by atoms with Gasteiger partial charge < -0.3 is 24.3 Å². The van der Waals surface area contributed by atoms with Crippen LogP contribution in [0.2, 0.25) is 0 Å². The van der Waals surface area contributed by atoms with Crippen molar-refractivity contribution < 1.29 is 28.5 Å². The van der Waals surface area contributed by atoms with Crippen LogP contribution in [0, 0.1) is 0 Å². The van der Waals surface area contributed by atoms with Gasteiger partial charge in [-0.05, 0) is 49.7 Å².